The molecule has 1 saturated carbocycles. The molecule has 19 heteroatoms. The number of hydrogen-bond acceptors (Lipinski definition) is 16. The lowest BCUT2D eigenvalue weighted by Gasteiger charge is -2.38. The lowest BCUT2D eigenvalue weighted by atomic mass is 9.78. The molecule has 2 aliphatic carbocycles. The number of aliphatic hydroxyl groups is 2. The maximum absolute atomic E-state index is 16.1. The first-order valence-corrected chi connectivity index (χ1v) is 24.4. The summed E-state index contributed by atoms with van der Waals surface area (Å²) >= 11 is 0. The molecule has 2 fully saturated rings. The molecule has 18 nitrogen and oxygen atoms in total. The fourth-order valence-electron chi connectivity index (χ4n) is 10.5. The van der Waals surface area contributed by atoms with Gasteiger partial charge in [0.25, 0.3) is 11.7 Å². The lowest BCUT2D eigenvalue weighted by Crippen LogP contribution is -2.46. The number of carbonyl (C=O) groups is 6. The molecule has 5 N–H and O–H groups in total. The van der Waals surface area contributed by atoms with E-state index in [2.05, 4.69) is 10.6 Å². The van der Waals surface area contributed by atoms with Crippen LogP contribution in [0.15, 0.2) is 70.7 Å². The van der Waals surface area contributed by atoms with Gasteiger partial charge in [0.2, 0.25) is 11.6 Å². The molecule has 5 heterocycles. The van der Waals surface area contributed by atoms with Crippen molar-refractivity contribution in [3.8, 4) is 11.5 Å². The molecule has 0 radical (unpaired) electrons. The number of rotatable bonds is 7. The Morgan fingerprint density at radius 2 is 1.67 bits per heavy atom. The molecule has 1 amide bonds. The summed E-state index contributed by atoms with van der Waals surface area (Å²) in [7, 11) is 1.40. The van der Waals surface area contributed by atoms with Gasteiger partial charge in [0.1, 0.15) is 34.8 Å². The van der Waals surface area contributed by atoms with Gasteiger partial charge in [-0.05, 0) is 51.3 Å². The third-order valence-electron chi connectivity index (χ3n) is 15.0. The number of aromatic hydroxyl groups is 1. The van der Waals surface area contributed by atoms with Gasteiger partial charge in [-0.15, -0.1) is 0 Å². The predicted octanol–water partition coefficient (Wildman–Crippen LogP) is 5.43. The molecular formula is C54H61FN4O14. The Labute approximate surface area is 420 Å². The molecule has 4 aliphatic heterocycles. The number of anilines is 1. The van der Waals surface area contributed by atoms with E-state index in [1.807, 2.05) is 4.57 Å². The average Bonchev–Trinajstić information content (AvgIpc) is 4.04. The quantitative estimate of drug-likeness (QED) is 0.146. The van der Waals surface area contributed by atoms with Crippen LogP contribution in [0.4, 0.5) is 10.1 Å². The first kappa shape index (κ1) is 52.4. The number of allylic oxidation sites excluding steroid dienone is 4. The molecule has 10 atom stereocenters. The molecule has 6 aliphatic rings. The number of methoxy groups -OCH3 is 1. The fourth-order valence-corrected chi connectivity index (χ4v) is 10.5. The smallest absolute Gasteiger partial charge is 0.312 e. The summed E-state index contributed by atoms with van der Waals surface area (Å²) in [4.78, 5) is 97.8. The van der Waals surface area contributed by atoms with Crippen molar-refractivity contribution in [2.24, 2.45) is 23.7 Å². The summed E-state index contributed by atoms with van der Waals surface area (Å²) in [5.41, 5.74) is -2.44. The zero-order chi connectivity index (χ0) is 53.1. The summed E-state index contributed by atoms with van der Waals surface area (Å²) in [5.74, 6) is -10.8. The SMILES string of the molecule is CO[C@H]1/C=C/O[C@@]2(C)Oc3c(C)c(O)c4c(c3C2=O)C(=O)C(N[C@@H]2CCN(c3cc5c(cc3F)c(=O)c(C=O)cn5C3CC3)C2)=C(NC(=O)/C(C)=C\C=C\[C@H](C)[C@H](O)[C@@H](C)[C@@H](O)[C@@H](C)[C@H](OC(C)=O)[C@@H]1C)C4=O. The fraction of sp³-hybridized carbons (Fsp3) is 0.463. The zero-order valence-electron chi connectivity index (χ0n) is 42.1. The first-order valence-electron chi connectivity index (χ1n) is 24.4. The van der Waals surface area contributed by atoms with Gasteiger partial charge < -0.3 is 54.4 Å². The van der Waals surface area contributed by atoms with E-state index in [0.717, 1.165) is 25.2 Å². The van der Waals surface area contributed by atoms with Crippen LogP contribution in [0.25, 0.3) is 10.9 Å². The number of halogens is 1. The number of Topliss-reactive ketones (excluding diaryl/α,β-unsaturated/α-hetero) is 3. The van der Waals surface area contributed by atoms with Crippen molar-refractivity contribution in [2.75, 3.05) is 25.1 Å². The van der Waals surface area contributed by atoms with Gasteiger partial charge in [-0.3, -0.25) is 33.6 Å². The second-order valence-corrected chi connectivity index (χ2v) is 20.1. The Kier molecular flexibility index (Phi) is 14.5. The highest BCUT2D eigenvalue weighted by atomic mass is 19.1. The maximum atomic E-state index is 16.1. The Hall–Kier alpha value is -6.96. The molecular weight excluding hydrogens is 948 g/mol. The summed E-state index contributed by atoms with van der Waals surface area (Å²) < 4.78 is 41.5. The molecule has 73 heavy (non-hydrogen) atoms. The molecule has 0 spiro atoms. The number of benzene rings is 2. The van der Waals surface area contributed by atoms with Crippen LogP contribution < -0.4 is 25.7 Å². The van der Waals surface area contributed by atoms with Crippen LogP contribution in [0.3, 0.4) is 0 Å². The summed E-state index contributed by atoms with van der Waals surface area (Å²) in [5, 5.41) is 40.6. The molecule has 9 rings (SSSR count). The van der Waals surface area contributed by atoms with Crippen molar-refractivity contribution in [3.63, 3.8) is 0 Å². The summed E-state index contributed by atoms with van der Waals surface area (Å²) in [6.45, 7) is 12.4. The van der Waals surface area contributed by atoms with Crippen molar-refractivity contribution >= 4 is 52.1 Å². The van der Waals surface area contributed by atoms with Crippen LogP contribution in [-0.2, 0) is 23.8 Å². The average molecular weight is 1010 g/mol. The summed E-state index contributed by atoms with van der Waals surface area (Å²) in [6, 6.07) is 2.03. The van der Waals surface area contributed by atoms with E-state index >= 15 is 9.18 Å². The number of pyridine rings is 1. The topological polar surface area (TPSA) is 249 Å². The van der Waals surface area contributed by atoms with Crippen LogP contribution in [0.5, 0.6) is 11.5 Å². The van der Waals surface area contributed by atoms with Gasteiger partial charge in [0.15, 0.2) is 11.7 Å². The normalized spacial score (nSPS) is 30.6. The zero-order valence-corrected chi connectivity index (χ0v) is 42.1. The molecule has 1 aromatic heterocycles. The maximum Gasteiger partial charge on any atom is 0.312 e. The van der Waals surface area contributed by atoms with E-state index in [0.29, 0.717) is 11.8 Å². The molecule has 1 saturated heterocycles. The highest BCUT2D eigenvalue weighted by Gasteiger charge is 2.53. The van der Waals surface area contributed by atoms with Crippen LogP contribution in [-0.4, -0.2) is 112 Å². The van der Waals surface area contributed by atoms with E-state index < -0.39 is 129 Å². The Balaban J connectivity index is 1.20. The molecule has 5 bridgehead atoms. The number of phenols is 1. The number of ether oxygens (including phenoxy) is 4. The lowest BCUT2D eigenvalue weighted by molar-refractivity contribution is -0.160. The predicted molar refractivity (Wildman–Crippen MR) is 264 cm³/mol. The number of ketones is 3. The van der Waals surface area contributed by atoms with E-state index in [1.165, 1.54) is 59.2 Å². The van der Waals surface area contributed by atoms with Gasteiger partial charge in [0.05, 0.1) is 58.0 Å². The van der Waals surface area contributed by atoms with E-state index in [9.17, 15) is 44.1 Å². The second kappa shape index (κ2) is 20.2. The van der Waals surface area contributed by atoms with Crippen molar-refractivity contribution in [1.29, 1.82) is 0 Å². The van der Waals surface area contributed by atoms with E-state index in [1.54, 1.807) is 44.7 Å². The number of aromatic nitrogens is 1. The summed E-state index contributed by atoms with van der Waals surface area (Å²) in [6.07, 6.45) is 6.88. The number of hydrogen-bond donors (Lipinski definition) is 5. The highest BCUT2D eigenvalue weighted by molar-refractivity contribution is 6.32. The van der Waals surface area contributed by atoms with Crippen molar-refractivity contribution in [1.82, 2.24) is 15.2 Å². The van der Waals surface area contributed by atoms with Crippen LogP contribution >= 0.6 is 0 Å². The number of amides is 1. The van der Waals surface area contributed by atoms with Crippen molar-refractivity contribution in [3.05, 3.63) is 110 Å². The van der Waals surface area contributed by atoms with Crippen LogP contribution in [0, 0.1) is 36.4 Å². The second-order valence-electron chi connectivity index (χ2n) is 20.1. The Morgan fingerprint density at radius 3 is 2.33 bits per heavy atom. The largest absolute Gasteiger partial charge is 0.507 e. The number of esters is 1. The van der Waals surface area contributed by atoms with Gasteiger partial charge in [0, 0.05) is 92.5 Å². The molecule has 3 aromatic rings. The van der Waals surface area contributed by atoms with Gasteiger partial charge in [-0.1, -0.05) is 45.9 Å². The van der Waals surface area contributed by atoms with Crippen molar-refractivity contribution in [2.45, 2.75) is 117 Å². The van der Waals surface area contributed by atoms with Crippen molar-refractivity contribution < 1.29 is 67.4 Å². The first-order chi connectivity index (χ1) is 34.5. The minimum absolute atomic E-state index is 0.0343. The Bertz CT molecular complexity index is 3030. The molecule has 2 aromatic carbocycles. The number of carbonyl (C=O) groups excluding carboxylic acids is 6. The van der Waals surface area contributed by atoms with E-state index in [-0.39, 0.29) is 64.6 Å². The number of nitrogens with one attached hydrogen (secondary N) is 2. The standard InChI is InChI=1S/C54H61FN4O14/c1-24-11-10-12-25(2)53(69)57-43-42(56-32-15-17-58(22-32)37-20-36-34(19-35(37)55)47(65)31(23-60)21-59(36)33-13-14-33)48(66)39-40(49(43)67)46(64)29(6)51-41(39)52(68)54(8,73-51)71-18-16-38(70-9)26(3)50(72-30(7)61)28(5)45(63)27(4)44(24)62/h10-12,16,18-21,23-24,26-28,32-33,38,44-45,50,56,62-64H,13-15,17,22H2,1-9H3,(H,57,69)/b11-10+,18-16+,25-12-/t24-,26+,27+,28+,32+,38-,44-,45+,50+,54-/m0/s1. The number of aldehydes is 1. The Morgan fingerprint density at radius 1 is 0.959 bits per heavy atom. The number of aliphatic hydroxyl groups excluding tert-OH is 2. The molecule has 388 valence electrons. The number of nitrogens with zero attached hydrogens (tertiary/aromatic N) is 2. The van der Waals surface area contributed by atoms with Gasteiger partial charge in [-0.2, -0.15) is 0 Å². The minimum atomic E-state index is -2.18. The third-order valence-corrected chi connectivity index (χ3v) is 15.0. The highest BCUT2D eigenvalue weighted by Crippen LogP contribution is 2.49. The monoisotopic (exact) mass is 1010 g/mol. The van der Waals surface area contributed by atoms with Crippen LogP contribution in [0.2, 0.25) is 0 Å². The number of phenolic OH excluding ortho intramolecular Hbond substituents is 1. The third kappa shape index (κ3) is 9.49. The van der Waals surface area contributed by atoms with E-state index in [4.69, 9.17) is 18.9 Å². The van der Waals surface area contributed by atoms with Gasteiger partial charge >= 0.3 is 11.8 Å². The minimum Gasteiger partial charge on any atom is -0.507 e. The van der Waals surface area contributed by atoms with Gasteiger partial charge in [-0.25, -0.2) is 4.39 Å². The molecule has 0 unspecified atom stereocenters. The number of fused-ring (bicyclic) bond motifs is 15. The van der Waals surface area contributed by atoms with Crippen LogP contribution in [0.1, 0.15) is 121 Å².